The highest BCUT2D eigenvalue weighted by atomic mass is 32.2. The summed E-state index contributed by atoms with van der Waals surface area (Å²) in [5, 5.41) is 1.71. The summed E-state index contributed by atoms with van der Waals surface area (Å²) in [5.41, 5.74) is 5.13. The van der Waals surface area contributed by atoms with E-state index in [1.54, 1.807) is 0 Å². The second kappa shape index (κ2) is 5.63. The molecule has 0 heterocycles. The summed E-state index contributed by atoms with van der Waals surface area (Å²) in [5.74, 6) is -0.475. The largest absolute Gasteiger partial charge is 0.348 e. The zero-order valence-corrected chi connectivity index (χ0v) is 11.2. The first-order valence-corrected chi connectivity index (χ1v) is 7.39. The number of sulfone groups is 1. The predicted octanol–water partition coefficient (Wildman–Crippen LogP) is 0.0532. The molecule has 0 aromatic heterocycles. The lowest BCUT2D eigenvalue weighted by molar-refractivity contribution is -0.122. The molecule has 0 aliphatic rings. The van der Waals surface area contributed by atoms with Crippen LogP contribution >= 0.6 is 0 Å². The van der Waals surface area contributed by atoms with Gasteiger partial charge in [-0.3, -0.25) is 4.79 Å². The monoisotopic (exact) mass is 250 g/mol. The Bertz CT molecular complexity index is 326. The Hall–Kier alpha value is -0.620. The number of nitrogens with one attached hydrogen (secondary N) is 1. The number of hydrogen-bond donors (Lipinski definition) is 2. The van der Waals surface area contributed by atoms with E-state index in [-0.39, 0.29) is 0 Å². The maximum atomic E-state index is 11.7. The van der Waals surface area contributed by atoms with Crippen LogP contribution in [-0.2, 0) is 14.6 Å². The topological polar surface area (TPSA) is 89.3 Å². The van der Waals surface area contributed by atoms with Crippen molar-refractivity contribution in [3.63, 3.8) is 0 Å². The average Bonchev–Trinajstić information content (AvgIpc) is 2.23. The summed E-state index contributed by atoms with van der Waals surface area (Å²) in [6.45, 7) is 5.53. The van der Waals surface area contributed by atoms with Gasteiger partial charge in [0.1, 0.15) is 5.25 Å². The third-order valence-electron chi connectivity index (χ3n) is 3.14. The van der Waals surface area contributed by atoms with E-state index in [0.717, 1.165) is 6.26 Å². The summed E-state index contributed by atoms with van der Waals surface area (Å²) < 4.78 is 22.5. The zero-order chi connectivity index (χ0) is 13.0. The van der Waals surface area contributed by atoms with E-state index in [1.165, 1.54) is 6.92 Å². The highest BCUT2D eigenvalue weighted by molar-refractivity contribution is 7.92. The van der Waals surface area contributed by atoms with Crippen LogP contribution in [0.2, 0.25) is 0 Å². The molecule has 96 valence electrons. The molecule has 0 rings (SSSR count). The molecule has 0 saturated carbocycles. The Morgan fingerprint density at radius 2 is 1.81 bits per heavy atom. The van der Waals surface area contributed by atoms with Crippen LogP contribution in [0.5, 0.6) is 0 Å². The fourth-order valence-corrected chi connectivity index (χ4v) is 1.77. The van der Waals surface area contributed by atoms with Gasteiger partial charge in [-0.1, -0.05) is 13.8 Å². The number of amides is 1. The Morgan fingerprint density at radius 3 is 2.06 bits per heavy atom. The standard InChI is InChI=1S/C10H22N2O3S/c1-5-10(6-2,7-11)12-9(13)8(3)16(4,14)15/h8H,5-7,11H2,1-4H3,(H,12,13). The van der Waals surface area contributed by atoms with Crippen LogP contribution in [0.4, 0.5) is 0 Å². The molecule has 0 saturated heterocycles. The molecule has 1 atom stereocenters. The van der Waals surface area contributed by atoms with Crippen LogP contribution in [0.15, 0.2) is 0 Å². The molecule has 1 amide bonds. The normalized spacial score (nSPS) is 14.6. The molecule has 3 N–H and O–H groups in total. The molecule has 5 nitrogen and oxygen atoms in total. The first-order chi connectivity index (χ1) is 7.22. The van der Waals surface area contributed by atoms with Gasteiger partial charge >= 0.3 is 0 Å². The van der Waals surface area contributed by atoms with Gasteiger partial charge in [0.2, 0.25) is 5.91 Å². The molecule has 0 aliphatic carbocycles. The lowest BCUT2D eigenvalue weighted by atomic mass is 9.93. The van der Waals surface area contributed by atoms with Gasteiger partial charge in [-0.15, -0.1) is 0 Å². The minimum absolute atomic E-state index is 0.308. The number of hydrogen-bond acceptors (Lipinski definition) is 4. The van der Waals surface area contributed by atoms with E-state index < -0.39 is 26.5 Å². The number of rotatable bonds is 6. The van der Waals surface area contributed by atoms with Crippen molar-refractivity contribution in [1.82, 2.24) is 5.32 Å². The number of nitrogens with two attached hydrogens (primary N) is 1. The smallest absolute Gasteiger partial charge is 0.238 e. The molecule has 0 fully saturated rings. The summed E-state index contributed by atoms with van der Waals surface area (Å²) in [6.07, 6.45) is 2.42. The summed E-state index contributed by atoms with van der Waals surface area (Å²) in [4.78, 5) is 11.7. The maximum absolute atomic E-state index is 11.7. The fraction of sp³-hybridized carbons (Fsp3) is 0.900. The highest BCUT2D eigenvalue weighted by Gasteiger charge is 2.31. The van der Waals surface area contributed by atoms with E-state index in [1.807, 2.05) is 13.8 Å². The maximum Gasteiger partial charge on any atom is 0.238 e. The Balaban J connectivity index is 4.79. The SMILES string of the molecule is CCC(CC)(CN)NC(=O)C(C)S(C)(=O)=O. The van der Waals surface area contributed by atoms with Crippen molar-refractivity contribution in [2.75, 3.05) is 12.8 Å². The van der Waals surface area contributed by atoms with Crippen molar-refractivity contribution in [3.05, 3.63) is 0 Å². The van der Waals surface area contributed by atoms with E-state index in [2.05, 4.69) is 5.32 Å². The summed E-state index contributed by atoms with van der Waals surface area (Å²) in [7, 11) is -3.35. The number of carbonyl (C=O) groups excluding carboxylic acids is 1. The minimum atomic E-state index is -3.35. The van der Waals surface area contributed by atoms with E-state index in [9.17, 15) is 13.2 Å². The third-order valence-corrected chi connectivity index (χ3v) is 4.64. The van der Waals surface area contributed by atoms with Crippen molar-refractivity contribution in [1.29, 1.82) is 0 Å². The van der Waals surface area contributed by atoms with Crippen LogP contribution in [0, 0.1) is 0 Å². The number of carbonyl (C=O) groups is 1. The second-order valence-electron chi connectivity index (χ2n) is 4.15. The first kappa shape index (κ1) is 15.4. The van der Waals surface area contributed by atoms with Crippen LogP contribution < -0.4 is 11.1 Å². The van der Waals surface area contributed by atoms with Crippen molar-refractivity contribution in [3.8, 4) is 0 Å². The summed E-state index contributed by atoms with van der Waals surface area (Å²) >= 11 is 0. The van der Waals surface area contributed by atoms with Crippen molar-refractivity contribution >= 4 is 15.7 Å². The van der Waals surface area contributed by atoms with Gasteiger partial charge in [-0.2, -0.15) is 0 Å². The van der Waals surface area contributed by atoms with E-state index >= 15 is 0 Å². The Kier molecular flexibility index (Phi) is 5.41. The lowest BCUT2D eigenvalue weighted by Gasteiger charge is -2.32. The molecule has 0 aromatic rings. The lowest BCUT2D eigenvalue weighted by Crippen LogP contribution is -2.55. The first-order valence-electron chi connectivity index (χ1n) is 5.43. The molecular formula is C10H22N2O3S. The zero-order valence-electron chi connectivity index (χ0n) is 10.4. The van der Waals surface area contributed by atoms with Crippen LogP contribution in [-0.4, -0.2) is 37.9 Å². The van der Waals surface area contributed by atoms with Gasteiger partial charge < -0.3 is 11.1 Å². The molecule has 0 bridgehead atoms. The van der Waals surface area contributed by atoms with Crippen LogP contribution in [0.3, 0.4) is 0 Å². The van der Waals surface area contributed by atoms with Crippen molar-refractivity contribution < 1.29 is 13.2 Å². The van der Waals surface area contributed by atoms with E-state index in [0.29, 0.717) is 19.4 Å². The predicted molar refractivity (Wildman–Crippen MR) is 64.8 cm³/mol. The minimum Gasteiger partial charge on any atom is -0.348 e. The third kappa shape index (κ3) is 3.75. The Morgan fingerprint density at radius 1 is 1.38 bits per heavy atom. The van der Waals surface area contributed by atoms with Gasteiger partial charge in [0.15, 0.2) is 9.84 Å². The van der Waals surface area contributed by atoms with Gasteiger partial charge in [-0.25, -0.2) is 8.42 Å². The molecule has 0 aliphatic heterocycles. The van der Waals surface area contributed by atoms with Crippen LogP contribution in [0.1, 0.15) is 33.6 Å². The highest BCUT2D eigenvalue weighted by Crippen LogP contribution is 2.14. The van der Waals surface area contributed by atoms with Gasteiger partial charge in [0.25, 0.3) is 0 Å². The molecule has 1 unspecified atom stereocenters. The van der Waals surface area contributed by atoms with Gasteiger partial charge in [0, 0.05) is 12.8 Å². The molecule has 0 spiro atoms. The molecule has 0 aromatic carbocycles. The summed E-state index contributed by atoms with van der Waals surface area (Å²) in [6, 6.07) is 0. The van der Waals surface area contributed by atoms with Gasteiger partial charge in [0.05, 0.1) is 5.54 Å². The molecule has 0 radical (unpaired) electrons. The molecule has 6 heteroatoms. The molecular weight excluding hydrogens is 228 g/mol. The fourth-order valence-electron chi connectivity index (χ4n) is 1.32. The van der Waals surface area contributed by atoms with Crippen molar-refractivity contribution in [2.24, 2.45) is 5.73 Å². The average molecular weight is 250 g/mol. The van der Waals surface area contributed by atoms with Gasteiger partial charge in [-0.05, 0) is 19.8 Å². The van der Waals surface area contributed by atoms with Crippen LogP contribution in [0.25, 0.3) is 0 Å². The van der Waals surface area contributed by atoms with Crippen molar-refractivity contribution in [2.45, 2.75) is 44.4 Å². The molecule has 16 heavy (non-hydrogen) atoms. The second-order valence-corrected chi connectivity index (χ2v) is 6.52. The van der Waals surface area contributed by atoms with E-state index in [4.69, 9.17) is 5.73 Å². The quantitative estimate of drug-likeness (QED) is 0.697. The Labute approximate surface area is 97.7 Å².